The van der Waals surface area contributed by atoms with Gasteiger partial charge in [0.05, 0.1) is 0 Å². The predicted molar refractivity (Wildman–Crippen MR) is 19.6 cm³/mol. The van der Waals surface area contributed by atoms with E-state index in [2.05, 4.69) is 38.4 Å². The molecule has 0 saturated heterocycles. The Balaban J connectivity index is -0.000000107. The van der Waals surface area contributed by atoms with Crippen LogP contribution in [-0.4, -0.2) is 11.9 Å². The summed E-state index contributed by atoms with van der Waals surface area (Å²) in [6.45, 7) is 0. The zero-order valence-electron chi connectivity index (χ0n) is 5.00. The van der Waals surface area contributed by atoms with Crippen molar-refractivity contribution in [3.63, 3.8) is 0 Å². The molecule has 0 radical (unpaired) electrons. The van der Waals surface area contributed by atoms with Crippen LogP contribution in [0.5, 0.6) is 0 Å². The molecule has 4 nitrogen and oxygen atoms in total. The minimum atomic E-state index is -1.06. The molecule has 0 aromatic rings. The molecule has 0 unspecified atom stereocenters. The van der Waals surface area contributed by atoms with Crippen LogP contribution >= 0.6 is 0 Å². The van der Waals surface area contributed by atoms with Crippen molar-refractivity contribution in [2.45, 2.75) is 9.79 Å². The molecule has 74 valence electrons. The van der Waals surface area contributed by atoms with Crippen LogP contribution in [0.4, 0.5) is 0 Å². The van der Waals surface area contributed by atoms with E-state index in [1.165, 1.54) is 0 Å². The molecule has 0 aromatic heterocycles. The Morgan fingerprint density at radius 1 is 1.00 bits per heavy atom. The first-order chi connectivity index (χ1) is 4.54. The molecule has 0 atom stereocenters. The molecule has 0 heterocycles. The first-order valence-electron chi connectivity index (χ1n) is 1.97. The van der Waals surface area contributed by atoms with Gasteiger partial charge in [-0.3, -0.25) is 0 Å². The number of hydrogen-bond acceptors (Lipinski definition) is 4. The van der Waals surface area contributed by atoms with E-state index in [9.17, 15) is 19.8 Å². The van der Waals surface area contributed by atoms with Gasteiger partial charge in [0.25, 0.3) is 0 Å². The zero-order chi connectivity index (χ0) is 8.57. The van der Waals surface area contributed by atoms with E-state index in [0.29, 0.717) is 0 Å². The third-order valence-corrected chi connectivity index (χ3v) is 1.08. The molecule has 0 aromatic carbocycles. The molecule has 0 amide bonds. The van der Waals surface area contributed by atoms with E-state index in [1.807, 2.05) is 0 Å². The molecule has 0 N–H and O–H groups in total. The quantitative estimate of drug-likeness (QED) is 0.446. The summed E-state index contributed by atoms with van der Waals surface area (Å²) in [5, 5.41) is 18.4. The summed E-state index contributed by atoms with van der Waals surface area (Å²) in [4.78, 5) is 18.4. The van der Waals surface area contributed by atoms with E-state index in [0.717, 1.165) is 0 Å². The third kappa shape index (κ3) is 35.9. The molecule has 0 bridgehead atoms. The van der Waals surface area contributed by atoms with Crippen LogP contribution in [0.1, 0.15) is 0 Å². The normalized spacial score (nSPS) is 6.91. The van der Waals surface area contributed by atoms with Gasteiger partial charge in [0.15, 0.2) is 0 Å². The Labute approximate surface area is 99.6 Å². The van der Waals surface area contributed by atoms with E-state index in [-0.39, 0.29) is 30.2 Å². The molecular formula is C4H4O4Pd3. The Kier molecular flexibility index (Phi) is 22.0. The number of hydrogen-bond donors (Lipinski definition) is 0. The second kappa shape index (κ2) is 13.5. The van der Waals surface area contributed by atoms with Gasteiger partial charge in [-0.2, -0.15) is 0 Å². The molecule has 0 aliphatic rings. The van der Waals surface area contributed by atoms with Crippen molar-refractivity contribution in [3.05, 3.63) is 0 Å². The minimum Gasteiger partial charge on any atom is 2.00 e. The fourth-order valence-electron chi connectivity index (χ4n) is 0. The molecule has 0 fully saturated rings. The summed E-state index contributed by atoms with van der Waals surface area (Å²) in [5.74, 6) is -2.12. The van der Waals surface area contributed by atoms with Crippen molar-refractivity contribution < 1.29 is 78.6 Å². The largest absolute Gasteiger partial charge is 2.00 e. The first kappa shape index (κ1) is 17.9. The number of aliphatic carboxylic acids is 2. The summed E-state index contributed by atoms with van der Waals surface area (Å²) < 4.78 is 0. The molecular weight excluding hydrogens is 431 g/mol. The second-order valence-electron chi connectivity index (χ2n) is 0.968. The maximum atomic E-state index is 9.22. The van der Waals surface area contributed by atoms with E-state index in [4.69, 9.17) is 0 Å². The van der Waals surface area contributed by atoms with Gasteiger partial charge in [-0.05, 0) is 0 Å². The summed E-state index contributed by atoms with van der Waals surface area (Å²) in [5.41, 5.74) is 0. The van der Waals surface area contributed by atoms with E-state index in [1.54, 1.807) is 0 Å². The van der Waals surface area contributed by atoms with Crippen LogP contribution in [0.2, 0.25) is 9.79 Å². The van der Waals surface area contributed by atoms with Gasteiger partial charge in [0, 0.05) is 0 Å². The summed E-state index contributed by atoms with van der Waals surface area (Å²) in [6, 6.07) is 0. The smallest absolute Gasteiger partial charge is 2.00 e. The van der Waals surface area contributed by atoms with Crippen LogP contribution in [0, 0.1) is 0 Å². The zero-order valence-corrected chi connectivity index (χ0v) is 9.66. The van der Waals surface area contributed by atoms with Crippen LogP contribution in [0.15, 0.2) is 0 Å². The molecule has 11 heavy (non-hydrogen) atoms. The van der Waals surface area contributed by atoms with Gasteiger partial charge in [0.1, 0.15) is 0 Å². The monoisotopic (exact) mass is 434 g/mol. The average molecular weight is 435 g/mol. The Hall–Kier alpha value is 0.927. The predicted octanol–water partition coefficient (Wildman–Crippen LogP) is -2.60. The van der Waals surface area contributed by atoms with Gasteiger partial charge < -0.3 is 0 Å². The van der Waals surface area contributed by atoms with Crippen molar-refractivity contribution in [1.29, 1.82) is 0 Å². The number of carbonyl (C=O) groups excluding carboxylic acids is 2. The maximum absolute atomic E-state index is 9.22. The molecule has 7 heteroatoms. The molecule has 0 aliphatic carbocycles. The summed E-state index contributed by atoms with van der Waals surface area (Å²) >= 11 is 4.86. The Morgan fingerprint density at radius 3 is 1.09 bits per heavy atom. The van der Waals surface area contributed by atoms with Gasteiger partial charge >= 0.3 is 100 Å². The number of carbonyl (C=O) groups is 2. The van der Waals surface area contributed by atoms with Gasteiger partial charge in [-0.15, -0.1) is 0 Å². The van der Waals surface area contributed by atoms with Crippen molar-refractivity contribution in [2.24, 2.45) is 0 Å². The van der Waals surface area contributed by atoms with Gasteiger partial charge in [0.2, 0.25) is 0 Å². The molecule has 0 rings (SSSR count). The Morgan fingerprint density at radius 2 is 1.09 bits per heavy atom. The summed E-state index contributed by atoms with van der Waals surface area (Å²) in [6.07, 6.45) is 0. The van der Waals surface area contributed by atoms with E-state index >= 15 is 0 Å². The second-order valence-corrected chi connectivity index (χ2v) is 2.07. The number of carboxylic acid groups (broad SMARTS) is 2. The van der Waals surface area contributed by atoms with Crippen molar-refractivity contribution in [2.75, 3.05) is 0 Å². The first-order valence-corrected chi connectivity index (χ1v) is 4.17. The Bertz CT molecular complexity index is 102. The maximum Gasteiger partial charge on any atom is 2.00 e. The molecule has 0 aliphatic heterocycles. The fraction of sp³-hybridized carbons (Fsp3) is 0.500. The standard InChI is InChI=1S/2C2H3O2.3Pd/c2*1-2(3)4;;;/h2*1H2,(H,3,4);;;/q;;;;+2/p-2. The molecule has 0 spiro atoms. The van der Waals surface area contributed by atoms with Crippen LogP contribution in [0.3, 0.4) is 0 Å². The average Bonchev–Trinajstić information content (AvgIpc) is 1.89. The minimum absolute atomic E-state index is 0. The van der Waals surface area contributed by atoms with Gasteiger partial charge in [-0.25, -0.2) is 0 Å². The van der Waals surface area contributed by atoms with Gasteiger partial charge in [-0.1, -0.05) is 0 Å². The van der Waals surface area contributed by atoms with Crippen LogP contribution in [0.25, 0.3) is 0 Å². The third-order valence-electron chi connectivity index (χ3n) is 0.183. The van der Waals surface area contributed by atoms with E-state index < -0.39 is 11.9 Å². The topological polar surface area (TPSA) is 80.3 Å². The number of carboxylic acids is 2. The van der Waals surface area contributed by atoms with Crippen LogP contribution in [-0.2, 0) is 68.4 Å². The van der Waals surface area contributed by atoms with Crippen molar-refractivity contribution in [1.82, 2.24) is 0 Å². The molecule has 0 saturated carbocycles. The SMILES string of the molecule is O=C([O-])[CH2][Pd].O=C([O-])[CH2][Pd].[Pd+2]. The summed E-state index contributed by atoms with van der Waals surface area (Å²) in [7, 11) is 0. The van der Waals surface area contributed by atoms with Crippen molar-refractivity contribution >= 4 is 11.9 Å². The number of rotatable bonds is 2. The fourth-order valence-corrected chi connectivity index (χ4v) is 0. The van der Waals surface area contributed by atoms with Crippen molar-refractivity contribution in [3.8, 4) is 0 Å². The van der Waals surface area contributed by atoms with Crippen LogP contribution < -0.4 is 10.2 Å².